The Labute approximate surface area is 191 Å². The molecule has 4 heterocycles. The Bertz CT molecular complexity index is 1390. The fourth-order valence-electron chi connectivity index (χ4n) is 5.33. The number of aromatic nitrogens is 1. The minimum atomic E-state index is -0.684. The number of pyridine rings is 1. The highest BCUT2D eigenvalue weighted by molar-refractivity contribution is 5.86. The van der Waals surface area contributed by atoms with Crippen LogP contribution in [0.2, 0.25) is 0 Å². The number of likely N-dealkylation sites (tertiary alicyclic amines) is 1. The van der Waals surface area contributed by atoms with Gasteiger partial charge in [0.05, 0.1) is 0 Å². The number of benzene rings is 1. The van der Waals surface area contributed by atoms with Crippen molar-refractivity contribution in [2.24, 2.45) is 5.92 Å². The minimum absolute atomic E-state index is 0.0301. The van der Waals surface area contributed by atoms with Gasteiger partial charge >= 0.3 is 5.63 Å². The van der Waals surface area contributed by atoms with E-state index in [1.54, 1.807) is 26.0 Å². The second-order valence-corrected chi connectivity index (χ2v) is 9.41. The van der Waals surface area contributed by atoms with Crippen molar-refractivity contribution in [3.63, 3.8) is 0 Å². The number of carbonyl (C=O) groups is 1. The molecule has 0 N–H and O–H groups in total. The van der Waals surface area contributed by atoms with Crippen LogP contribution in [-0.2, 0) is 11.3 Å². The summed E-state index contributed by atoms with van der Waals surface area (Å²) in [5.74, 6) is 0.877. The van der Waals surface area contributed by atoms with Gasteiger partial charge in [0.2, 0.25) is 0 Å². The molecule has 0 unspecified atom stereocenters. The van der Waals surface area contributed by atoms with Gasteiger partial charge < -0.3 is 18.6 Å². The molecule has 0 radical (unpaired) electrons. The van der Waals surface area contributed by atoms with Crippen molar-refractivity contribution in [2.45, 2.75) is 52.7 Å². The molecule has 2 aromatic heterocycles. The van der Waals surface area contributed by atoms with Crippen molar-refractivity contribution in [2.75, 3.05) is 13.1 Å². The molecule has 0 aliphatic carbocycles. The first kappa shape index (κ1) is 21.5. The summed E-state index contributed by atoms with van der Waals surface area (Å²) in [5.41, 5.74) is 3.37. The fourth-order valence-corrected chi connectivity index (χ4v) is 5.33. The summed E-state index contributed by atoms with van der Waals surface area (Å²) in [4.78, 5) is 39.6. The monoisotopic (exact) mass is 448 g/mol. The van der Waals surface area contributed by atoms with Crippen LogP contribution >= 0.6 is 0 Å². The maximum atomic E-state index is 13.3. The molecule has 1 aromatic carbocycles. The van der Waals surface area contributed by atoms with Gasteiger partial charge in [0, 0.05) is 53.8 Å². The summed E-state index contributed by atoms with van der Waals surface area (Å²) < 4.78 is 13.5. The van der Waals surface area contributed by atoms with Gasteiger partial charge in [-0.05, 0) is 63.8 Å². The standard InChI is InChI=1S/C26H28N2O5/c1-14-15(2)26(31)33-24-16(3)22(9-8-20(14)24)32-17(4)25(30)27-11-18-10-19(13-27)21-6-5-7-23(29)28(21)12-18/h5-9,17-19H,10-13H2,1-4H3/t17-,18+,19+/m1/s1. The van der Waals surface area contributed by atoms with Gasteiger partial charge in [-0.1, -0.05) is 6.07 Å². The van der Waals surface area contributed by atoms with E-state index in [9.17, 15) is 14.4 Å². The molecule has 7 nitrogen and oxygen atoms in total. The molecular formula is C26H28N2O5. The van der Waals surface area contributed by atoms with E-state index < -0.39 is 6.10 Å². The molecule has 2 aliphatic heterocycles. The largest absolute Gasteiger partial charge is 0.480 e. The molecule has 2 aliphatic rings. The van der Waals surface area contributed by atoms with Crippen molar-refractivity contribution < 1.29 is 13.9 Å². The SMILES string of the molecule is Cc1c(C)c2ccc(O[C@H](C)C(=O)N3C[C@@H]4C[C@@H](C3)c3cccc(=O)n3C4)c(C)c2oc1=O. The Hall–Kier alpha value is -3.35. The lowest BCUT2D eigenvalue weighted by Crippen LogP contribution is -2.52. The molecule has 33 heavy (non-hydrogen) atoms. The zero-order chi connectivity index (χ0) is 23.4. The summed E-state index contributed by atoms with van der Waals surface area (Å²) in [6, 6.07) is 9.10. The van der Waals surface area contributed by atoms with Gasteiger partial charge in [-0.3, -0.25) is 9.59 Å². The number of aryl methyl sites for hydroxylation is 2. The van der Waals surface area contributed by atoms with Gasteiger partial charge in [0.15, 0.2) is 6.10 Å². The van der Waals surface area contributed by atoms with Crippen LogP contribution in [0, 0.1) is 26.7 Å². The zero-order valence-electron chi connectivity index (χ0n) is 19.4. The third-order valence-electron chi connectivity index (χ3n) is 7.27. The molecule has 3 atom stereocenters. The van der Waals surface area contributed by atoms with Gasteiger partial charge in [0.1, 0.15) is 11.3 Å². The lowest BCUT2D eigenvalue weighted by atomic mass is 9.83. The molecule has 3 aromatic rings. The number of hydrogen-bond donors (Lipinski definition) is 0. The Kier molecular flexibility index (Phi) is 5.15. The fraction of sp³-hybridized carbons (Fsp3) is 0.423. The lowest BCUT2D eigenvalue weighted by molar-refractivity contribution is -0.140. The predicted octanol–water partition coefficient (Wildman–Crippen LogP) is 3.29. The minimum Gasteiger partial charge on any atom is -0.480 e. The smallest absolute Gasteiger partial charge is 0.339 e. The van der Waals surface area contributed by atoms with E-state index in [2.05, 4.69) is 0 Å². The summed E-state index contributed by atoms with van der Waals surface area (Å²) in [7, 11) is 0. The van der Waals surface area contributed by atoms with Gasteiger partial charge in [-0.25, -0.2) is 4.79 Å². The molecule has 2 bridgehead atoms. The summed E-state index contributed by atoms with van der Waals surface area (Å²) in [6.07, 6.45) is 0.306. The van der Waals surface area contributed by atoms with Gasteiger partial charge in [-0.15, -0.1) is 0 Å². The first-order chi connectivity index (χ1) is 15.7. The quantitative estimate of drug-likeness (QED) is 0.575. The zero-order valence-corrected chi connectivity index (χ0v) is 19.4. The van der Waals surface area contributed by atoms with Crippen molar-refractivity contribution in [1.29, 1.82) is 0 Å². The maximum absolute atomic E-state index is 13.3. The van der Waals surface area contributed by atoms with Crippen LogP contribution in [0.25, 0.3) is 11.0 Å². The molecule has 0 spiro atoms. The highest BCUT2D eigenvalue weighted by atomic mass is 16.5. The van der Waals surface area contributed by atoms with E-state index in [-0.39, 0.29) is 28.9 Å². The number of ether oxygens (including phenoxy) is 1. The number of nitrogens with zero attached hydrogens (tertiary/aromatic N) is 2. The van der Waals surface area contributed by atoms with Gasteiger partial charge in [-0.2, -0.15) is 0 Å². The average molecular weight is 449 g/mol. The Balaban J connectivity index is 1.37. The molecular weight excluding hydrogens is 420 g/mol. The lowest BCUT2D eigenvalue weighted by Gasteiger charge is -2.43. The Morgan fingerprint density at radius 2 is 1.82 bits per heavy atom. The number of carbonyl (C=O) groups excluding carboxylic acids is 1. The van der Waals surface area contributed by atoms with Crippen LogP contribution in [0.3, 0.4) is 0 Å². The summed E-state index contributed by atoms with van der Waals surface area (Å²) in [6.45, 7) is 9.10. The van der Waals surface area contributed by atoms with E-state index >= 15 is 0 Å². The number of piperidine rings is 1. The molecule has 1 saturated heterocycles. The number of rotatable bonds is 3. The van der Waals surface area contributed by atoms with E-state index in [1.807, 2.05) is 41.5 Å². The highest BCUT2D eigenvalue weighted by Crippen LogP contribution is 2.35. The third kappa shape index (κ3) is 3.56. The maximum Gasteiger partial charge on any atom is 0.339 e. The molecule has 1 amide bonds. The van der Waals surface area contributed by atoms with Crippen LogP contribution in [0.4, 0.5) is 0 Å². The van der Waals surface area contributed by atoms with E-state index in [1.165, 1.54) is 0 Å². The molecule has 172 valence electrons. The van der Waals surface area contributed by atoms with E-state index in [4.69, 9.17) is 9.15 Å². The molecule has 0 saturated carbocycles. The Morgan fingerprint density at radius 1 is 1.03 bits per heavy atom. The first-order valence-corrected chi connectivity index (χ1v) is 11.4. The second-order valence-electron chi connectivity index (χ2n) is 9.41. The van der Waals surface area contributed by atoms with Crippen LogP contribution in [0.15, 0.2) is 44.3 Å². The summed E-state index contributed by atoms with van der Waals surface area (Å²) >= 11 is 0. The topological polar surface area (TPSA) is 81.8 Å². The van der Waals surface area contributed by atoms with Crippen molar-refractivity contribution in [3.8, 4) is 5.75 Å². The number of amides is 1. The second kappa shape index (κ2) is 7.90. The van der Waals surface area contributed by atoms with Crippen LogP contribution in [0.1, 0.15) is 41.6 Å². The normalized spacial score (nSPS) is 20.4. The average Bonchev–Trinajstić information content (AvgIpc) is 2.80. The van der Waals surface area contributed by atoms with Crippen molar-refractivity contribution >= 4 is 16.9 Å². The number of fused-ring (bicyclic) bond motifs is 5. The molecule has 5 rings (SSSR count). The first-order valence-electron chi connectivity index (χ1n) is 11.4. The van der Waals surface area contributed by atoms with Gasteiger partial charge in [0.25, 0.3) is 11.5 Å². The third-order valence-corrected chi connectivity index (χ3v) is 7.27. The summed E-state index contributed by atoms with van der Waals surface area (Å²) in [5, 5.41) is 0.869. The Morgan fingerprint density at radius 3 is 2.61 bits per heavy atom. The van der Waals surface area contributed by atoms with Crippen LogP contribution < -0.4 is 15.9 Å². The van der Waals surface area contributed by atoms with E-state index in [0.717, 1.165) is 23.1 Å². The molecule has 7 heteroatoms. The highest BCUT2D eigenvalue weighted by Gasteiger charge is 2.37. The predicted molar refractivity (Wildman–Crippen MR) is 125 cm³/mol. The van der Waals surface area contributed by atoms with E-state index in [0.29, 0.717) is 42.1 Å². The van der Waals surface area contributed by atoms with Crippen LogP contribution in [-0.4, -0.2) is 34.6 Å². The van der Waals surface area contributed by atoms with Crippen molar-refractivity contribution in [3.05, 3.63) is 73.5 Å². The molecule has 1 fully saturated rings. The number of hydrogen-bond acceptors (Lipinski definition) is 5. The van der Waals surface area contributed by atoms with Crippen LogP contribution in [0.5, 0.6) is 5.75 Å². The van der Waals surface area contributed by atoms with Crippen molar-refractivity contribution in [1.82, 2.24) is 9.47 Å².